The summed E-state index contributed by atoms with van der Waals surface area (Å²) in [5, 5.41) is 1.92. The molecule has 0 aliphatic carbocycles. The van der Waals surface area contributed by atoms with Gasteiger partial charge in [-0.1, -0.05) is 29.8 Å². The van der Waals surface area contributed by atoms with Crippen LogP contribution in [0.3, 0.4) is 0 Å². The van der Waals surface area contributed by atoms with E-state index < -0.39 is 28.7 Å². The van der Waals surface area contributed by atoms with E-state index in [2.05, 4.69) is 5.32 Å². The Morgan fingerprint density at radius 1 is 1.24 bits per heavy atom. The zero-order valence-corrected chi connectivity index (χ0v) is 14.6. The molecule has 0 fully saturated rings. The van der Waals surface area contributed by atoms with Gasteiger partial charge in [-0.15, -0.1) is 11.8 Å². The first-order valence-electron chi connectivity index (χ1n) is 7.21. The van der Waals surface area contributed by atoms with Gasteiger partial charge in [0.05, 0.1) is 16.5 Å². The Bertz CT molecular complexity index is 767. The molecule has 0 aromatic heterocycles. The molecule has 0 heterocycles. The van der Waals surface area contributed by atoms with Crippen LogP contribution in [0, 0.1) is 5.82 Å². The summed E-state index contributed by atoms with van der Waals surface area (Å²) in [5.74, 6) is -0.692. The Morgan fingerprint density at radius 3 is 2.56 bits per heavy atom. The molecule has 1 N–H and O–H groups in total. The number of amides is 1. The van der Waals surface area contributed by atoms with Crippen molar-refractivity contribution in [2.24, 2.45) is 0 Å². The number of anilines is 1. The Balaban J connectivity index is 2.02. The van der Waals surface area contributed by atoms with E-state index in [-0.39, 0.29) is 10.7 Å². The Kier molecular flexibility index (Phi) is 6.35. The molecule has 0 aliphatic heterocycles. The molecule has 25 heavy (non-hydrogen) atoms. The zero-order chi connectivity index (χ0) is 18.6. The van der Waals surface area contributed by atoms with E-state index in [0.717, 1.165) is 6.07 Å². The Morgan fingerprint density at radius 2 is 1.92 bits per heavy atom. The van der Waals surface area contributed by atoms with Crippen LogP contribution in [-0.2, 0) is 16.7 Å². The smallest absolute Gasteiger partial charge is 0.325 e. The molecule has 8 heteroatoms. The molecule has 2 aromatic carbocycles. The number of hydrogen-bond donors (Lipinski definition) is 1. The highest BCUT2D eigenvalue weighted by atomic mass is 35.5. The first-order valence-corrected chi connectivity index (χ1v) is 8.64. The molecule has 1 amide bonds. The molecule has 0 saturated heterocycles. The fourth-order valence-corrected chi connectivity index (χ4v) is 3.21. The molecular weight excluding hydrogens is 378 g/mol. The highest BCUT2D eigenvalue weighted by Gasteiger charge is 2.33. The lowest BCUT2D eigenvalue weighted by Crippen LogP contribution is -2.24. The number of carbonyl (C=O) groups excluding carboxylic acids is 1. The van der Waals surface area contributed by atoms with Gasteiger partial charge in [0.2, 0.25) is 5.91 Å². The van der Waals surface area contributed by atoms with Crippen LogP contribution < -0.4 is 5.32 Å². The van der Waals surface area contributed by atoms with Crippen molar-refractivity contribution >= 4 is 35.0 Å². The van der Waals surface area contributed by atoms with Gasteiger partial charge in [-0.3, -0.25) is 4.79 Å². The van der Waals surface area contributed by atoms with E-state index >= 15 is 0 Å². The summed E-state index contributed by atoms with van der Waals surface area (Å²) in [4.78, 5) is 12.2. The average Bonchev–Trinajstić information content (AvgIpc) is 2.53. The summed E-state index contributed by atoms with van der Waals surface area (Å²) in [5.41, 5.74) is -0.544. The summed E-state index contributed by atoms with van der Waals surface area (Å²) in [6, 6.07) is 8.72. The number of nitrogens with one attached hydrogen (secondary N) is 1. The third kappa shape index (κ3) is 5.37. The number of alkyl halides is 3. The summed E-state index contributed by atoms with van der Waals surface area (Å²) < 4.78 is 51.8. The SMILES string of the molecule is CC(SCc1ccc(F)cc1Cl)C(=O)Nc1ccccc1C(F)(F)F. The zero-order valence-electron chi connectivity index (χ0n) is 13.0. The summed E-state index contributed by atoms with van der Waals surface area (Å²) in [6.45, 7) is 1.58. The number of hydrogen-bond acceptors (Lipinski definition) is 2. The van der Waals surface area contributed by atoms with Crippen LogP contribution >= 0.6 is 23.4 Å². The number of carbonyl (C=O) groups is 1. The molecule has 1 atom stereocenters. The van der Waals surface area contributed by atoms with Gasteiger partial charge in [0, 0.05) is 10.8 Å². The van der Waals surface area contributed by atoms with Crippen LogP contribution in [0.1, 0.15) is 18.1 Å². The maximum atomic E-state index is 13.0. The predicted octanol–water partition coefficient (Wildman–Crippen LogP) is 5.76. The van der Waals surface area contributed by atoms with E-state index in [1.54, 1.807) is 6.92 Å². The first-order chi connectivity index (χ1) is 11.7. The second-order valence-corrected chi connectivity index (χ2v) is 6.96. The fraction of sp³-hybridized carbons (Fsp3) is 0.235. The van der Waals surface area contributed by atoms with Crippen LogP contribution in [0.25, 0.3) is 0 Å². The summed E-state index contributed by atoms with van der Waals surface area (Å²) in [6.07, 6.45) is -4.55. The third-order valence-electron chi connectivity index (χ3n) is 3.36. The third-order valence-corrected chi connectivity index (χ3v) is 4.91. The minimum Gasteiger partial charge on any atom is -0.325 e. The van der Waals surface area contributed by atoms with E-state index in [1.165, 1.54) is 48.2 Å². The van der Waals surface area contributed by atoms with Crippen molar-refractivity contribution in [1.29, 1.82) is 0 Å². The normalized spacial score (nSPS) is 12.7. The fourth-order valence-electron chi connectivity index (χ4n) is 2.00. The van der Waals surface area contributed by atoms with Gasteiger partial charge < -0.3 is 5.32 Å². The lowest BCUT2D eigenvalue weighted by atomic mass is 10.1. The van der Waals surface area contributed by atoms with Gasteiger partial charge in [-0.25, -0.2) is 4.39 Å². The summed E-state index contributed by atoms with van der Waals surface area (Å²) in [7, 11) is 0. The highest BCUT2D eigenvalue weighted by molar-refractivity contribution is 7.99. The molecule has 2 rings (SSSR count). The maximum absolute atomic E-state index is 13.0. The molecule has 134 valence electrons. The summed E-state index contributed by atoms with van der Waals surface area (Å²) >= 11 is 7.10. The molecule has 0 radical (unpaired) electrons. The predicted molar refractivity (Wildman–Crippen MR) is 92.2 cm³/mol. The average molecular weight is 392 g/mol. The lowest BCUT2D eigenvalue weighted by molar-refractivity contribution is -0.137. The maximum Gasteiger partial charge on any atom is 0.418 e. The van der Waals surface area contributed by atoms with Crippen LogP contribution in [0.15, 0.2) is 42.5 Å². The second-order valence-electron chi connectivity index (χ2n) is 5.22. The Labute approximate surface area is 151 Å². The molecule has 2 nitrogen and oxygen atoms in total. The lowest BCUT2D eigenvalue weighted by Gasteiger charge is -2.16. The van der Waals surface area contributed by atoms with E-state index in [4.69, 9.17) is 11.6 Å². The quantitative estimate of drug-likeness (QED) is 0.657. The van der Waals surface area contributed by atoms with Gasteiger partial charge in [-0.2, -0.15) is 13.2 Å². The van der Waals surface area contributed by atoms with Crippen LogP contribution in [0.2, 0.25) is 5.02 Å². The van der Waals surface area contributed by atoms with Crippen molar-refractivity contribution in [2.45, 2.75) is 24.1 Å². The minimum absolute atomic E-state index is 0.238. The molecule has 0 bridgehead atoms. The molecule has 2 aromatic rings. The van der Waals surface area contributed by atoms with E-state index in [1.807, 2.05) is 0 Å². The minimum atomic E-state index is -4.55. The largest absolute Gasteiger partial charge is 0.418 e. The van der Waals surface area contributed by atoms with E-state index in [9.17, 15) is 22.4 Å². The van der Waals surface area contributed by atoms with Crippen molar-refractivity contribution in [3.63, 3.8) is 0 Å². The first kappa shape index (κ1) is 19.6. The van der Waals surface area contributed by atoms with Crippen LogP contribution in [0.4, 0.5) is 23.2 Å². The molecule has 0 saturated carbocycles. The van der Waals surface area contributed by atoms with Gasteiger partial charge in [0.1, 0.15) is 5.82 Å². The van der Waals surface area contributed by atoms with Crippen molar-refractivity contribution in [2.75, 3.05) is 5.32 Å². The number of rotatable bonds is 5. The Hall–Kier alpha value is -1.73. The number of para-hydroxylation sites is 1. The second kappa shape index (κ2) is 8.10. The van der Waals surface area contributed by atoms with Gasteiger partial charge in [-0.05, 0) is 36.8 Å². The molecule has 0 aliphatic rings. The number of thioether (sulfide) groups is 1. The van der Waals surface area contributed by atoms with Crippen LogP contribution in [-0.4, -0.2) is 11.2 Å². The number of benzene rings is 2. The molecular formula is C17H14ClF4NOS. The van der Waals surface area contributed by atoms with Gasteiger partial charge in [0.15, 0.2) is 0 Å². The van der Waals surface area contributed by atoms with E-state index in [0.29, 0.717) is 11.3 Å². The van der Waals surface area contributed by atoms with Gasteiger partial charge in [0.25, 0.3) is 0 Å². The number of halogens is 5. The topological polar surface area (TPSA) is 29.1 Å². The van der Waals surface area contributed by atoms with Gasteiger partial charge >= 0.3 is 6.18 Å². The van der Waals surface area contributed by atoms with Crippen molar-refractivity contribution in [1.82, 2.24) is 0 Å². The van der Waals surface area contributed by atoms with Crippen LogP contribution in [0.5, 0.6) is 0 Å². The van der Waals surface area contributed by atoms with Crippen molar-refractivity contribution in [3.05, 3.63) is 64.4 Å². The molecule has 0 spiro atoms. The monoisotopic (exact) mass is 391 g/mol. The highest BCUT2D eigenvalue weighted by Crippen LogP contribution is 2.35. The van der Waals surface area contributed by atoms with Crippen molar-refractivity contribution in [3.8, 4) is 0 Å². The standard InChI is InChI=1S/C17H14ClF4NOS/c1-10(25-9-11-6-7-12(19)8-14(11)18)16(24)23-15-5-3-2-4-13(15)17(20,21)22/h2-8,10H,9H2,1H3,(H,23,24). The molecule has 1 unspecified atom stereocenters. The van der Waals surface area contributed by atoms with Crippen molar-refractivity contribution < 1.29 is 22.4 Å².